The van der Waals surface area contributed by atoms with Gasteiger partial charge in [0.15, 0.2) is 16.3 Å². The second-order valence-corrected chi connectivity index (χ2v) is 11.2. The molecule has 0 N–H and O–H groups in total. The Morgan fingerprint density at radius 3 is 2.33 bits per heavy atom. The second kappa shape index (κ2) is 13.0. The molecule has 0 saturated carbocycles. The Morgan fingerprint density at radius 2 is 1.67 bits per heavy atom. The van der Waals surface area contributed by atoms with E-state index in [0.717, 1.165) is 16.7 Å². The van der Waals surface area contributed by atoms with Crippen LogP contribution in [0.5, 0.6) is 11.5 Å². The summed E-state index contributed by atoms with van der Waals surface area (Å²) in [4.78, 5) is 33.0. The van der Waals surface area contributed by atoms with Crippen molar-refractivity contribution in [1.29, 1.82) is 0 Å². The van der Waals surface area contributed by atoms with E-state index in [0.29, 0.717) is 51.2 Å². The predicted octanol–water partition coefficient (Wildman–Crippen LogP) is 5.37. The van der Waals surface area contributed by atoms with Crippen LogP contribution in [0, 0.1) is 5.92 Å². The van der Waals surface area contributed by atoms with Crippen LogP contribution in [-0.4, -0.2) is 30.4 Å². The number of ether oxygens (including phenoxy) is 3. The van der Waals surface area contributed by atoms with E-state index in [9.17, 15) is 9.59 Å². The fraction of sp³-hybridized carbons (Fsp3) is 0.265. The largest absolute Gasteiger partial charge is 0.490 e. The third-order valence-electron chi connectivity index (χ3n) is 6.63. The Bertz CT molecular complexity index is 1770. The highest BCUT2D eigenvalue weighted by Crippen LogP contribution is 2.35. The van der Waals surface area contributed by atoms with E-state index in [1.807, 2.05) is 91.9 Å². The molecule has 1 aromatic heterocycles. The molecule has 4 aromatic rings. The molecule has 1 aliphatic rings. The van der Waals surface area contributed by atoms with Crippen LogP contribution in [-0.2, 0) is 9.53 Å². The summed E-state index contributed by atoms with van der Waals surface area (Å²) in [5, 5.41) is 0. The molecule has 1 aliphatic heterocycles. The Kier molecular flexibility index (Phi) is 9.03. The SMILES string of the molecule is CCOC(=O)C1=C(c2ccccc2)N=c2s/c(=C\c3ccc(OCC(C)C)c(OCC)c3)c(=O)n2[C@H]1c1ccccc1. The monoisotopic (exact) mass is 582 g/mol. The summed E-state index contributed by atoms with van der Waals surface area (Å²) in [6.45, 7) is 9.13. The van der Waals surface area contributed by atoms with Gasteiger partial charge in [0.2, 0.25) is 0 Å². The molecule has 0 fully saturated rings. The fourth-order valence-corrected chi connectivity index (χ4v) is 5.80. The fourth-order valence-electron chi connectivity index (χ4n) is 4.80. The average molecular weight is 583 g/mol. The molecule has 216 valence electrons. The van der Waals surface area contributed by atoms with Crippen LogP contribution in [0.15, 0.2) is 94.2 Å². The molecule has 0 bridgehead atoms. The van der Waals surface area contributed by atoms with Crippen molar-refractivity contribution in [1.82, 2.24) is 4.57 Å². The zero-order valence-corrected chi connectivity index (χ0v) is 25.0. The van der Waals surface area contributed by atoms with E-state index >= 15 is 0 Å². The molecule has 42 heavy (non-hydrogen) atoms. The van der Waals surface area contributed by atoms with Crippen LogP contribution in [0.4, 0.5) is 0 Å². The maximum absolute atomic E-state index is 14.1. The highest BCUT2D eigenvalue weighted by atomic mass is 32.1. The minimum Gasteiger partial charge on any atom is -0.490 e. The van der Waals surface area contributed by atoms with Gasteiger partial charge in [-0.15, -0.1) is 0 Å². The topological polar surface area (TPSA) is 79.1 Å². The van der Waals surface area contributed by atoms with Crippen molar-refractivity contribution in [3.05, 3.63) is 121 Å². The standard InChI is InChI=1S/C34H34N2O5S/c1-5-39-27-19-23(17-18-26(27)41-21-22(3)4)20-28-32(37)36-31(25-15-11-8-12-16-25)29(33(38)40-6-2)30(35-34(36)42-28)24-13-9-7-10-14-24/h7-20,22,31H,5-6,21H2,1-4H3/b28-20-/t31-/m0/s1. The predicted molar refractivity (Wildman–Crippen MR) is 165 cm³/mol. The van der Waals surface area contributed by atoms with E-state index in [4.69, 9.17) is 19.2 Å². The molecule has 7 nitrogen and oxygen atoms in total. The van der Waals surface area contributed by atoms with Gasteiger partial charge >= 0.3 is 5.97 Å². The number of thiazole rings is 1. The van der Waals surface area contributed by atoms with Gasteiger partial charge in [-0.25, -0.2) is 9.79 Å². The highest BCUT2D eigenvalue weighted by molar-refractivity contribution is 7.07. The van der Waals surface area contributed by atoms with Crippen LogP contribution in [0.1, 0.15) is 50.4 Å². The Balaban J connectivity index is 1.71. The number of rotatable bonds is 10. The van der Waals surface area contributed by atoms with Crippen LogP contribution >= 0.6 is 11.3 Å². The summed E-state index contributed by atoms with van der Waals surface area (Å²) in [6.07, 6.45) is 1.83. The van der Waals surface area contributed by atoms with Crippen LogP contribution in [0.3, 0.4) is 0 Å². The number of carbonyl (C=O) groups is 1. The quantitative estimate of drug-likeness (QED) is 0.235. The normalized spacial score (nSPS) is 14.9. The van der Waals surface area contributed by atoms with E-state index < -0.39 is 12.0 Å². The van der Waals surface area contributed by atoms with Gasteiger partial charge in [-0.1, -0.05) is 91.9 Å². The first-order valence-electron chi connectivity index (χ1n) is 14.1. The molecular weight excluding hydrogens is 548 g/mol. The van der Waals surface area contributed by atoms with Crippen molar-refractivity contribution in [2.45, 2.75) is 33.7 Å². The Morgan fingerprint density at radius 1 is 0.952 bits per heavy atom. The lowest BCUT2D eigenvalue weighted by Crippen LogP contribution is -2.39. The van der Waals surface area contributed by atoms with Gasteiger partial charge in [0.05, 0.1) is 41.7 Å². The summed E-state index contributed by atoms with van der Waals surface area (Å²) in [6, 6.07) is 24.0. The molecule has 0 radical (unpaired) electrons. The summed E-state index contributed by atoms with van der Waals surface area (Å²) >= 11 is 1.29. The van der Waals surface area contributed by atoms with Gasteiger partial charge in [-0.3, -0.25) is 9.36 Å². The Hall–Kier alpha value is -4.43. The van der Waals surface area contributed by atoms with Gasteiger partial charge < -0.3 is 14.2 Å². The highest BCUT2D eigenvalue weighted by Gasteiger charge is 2.35. The minimum absolute atomic E-state index is 0.204. The number of nitrogens with zero attached hydrogens (tertiary/aromatic N) is 2. The van der Waals surface area contributed by atoms with Gasteiger partial charge in [-0.2, -0.15) is 0 Å². The molecule has 0 spiro atoms. The molecule has 0 amide bonds. The third kappa shape index (κ3) is 6.09. The first kappa shape index (κ1) is 29.1. The van der Waals surface area contributed by atoms with Crippen LogP contribution in [0.25, 0.3) is 11.8 Å². The second-order valence-electron chi connectivity index (χ2n) is 10.2. The molecule has 3 aromatic carbocycles. The maximum atomic E-state index is 14.1. The third-order valence-corrected chi connectivity index (χ3v) is 7.61. The summed E-state index contributed by atoms with van der Waals surface area (Å²) in [7, 11) is 0. The summed E-state index contributed by atoms with van der Waals surface area (Å²) < 4.78 is 19.4. The lowest BCUT2D eigenvalue weighted by Gasteiger charge is -2.25. The molecule has 2 heterocycles. The number of aromatic nitrogens is 1. The molecular formula is C34H34N2O5S. The molecule has 1 atom stereocenters. The van der Waals surface area contributed by atoms with Gasteiger partial charge in [0.1, 0.15) is 0 Å². The number of hydrogen-bond donors (Lipinski definition) is 0. The molecule has 0 aliphatic carbocycles. The van der Waals surface area contributed by atoms with Gasteiger partial charge in [-0.05, 0) is 49.1 Å². The lowest BCUT2D eigenvalue weighted by atomic mass is 9.93. The average Bonchev–Trinajstić information content (AvgIpc) is 3.31. The smallest absolute Gasteiger partial charge is 0.338 e. The van der Waals surface area contributed by atoms with E-state index in [-0.39, 0.29) is 12.2 Å². The Labute approximate surface area is 249 Å². The van der Waals surface area contributed by atoms with Crippen molar-refractivity contribution >= 4 is 29.1 Å². The molecule has 8 heteroatoms. The molecule has 5 rings (SSSR count). The van der Waals surface area contributed by atoms with Gasteiger partial charge in [0, 0.05) is 5.56 Å². The molecule has 0 saturated heterocycles. The van der Waals surface area contributed by atoms with Crippen molar-refractivity contribution in [2.24, 2.45) is 10.9 Å². The van der Waals surface area contributed by atoms with Gasteiger partial charge in [0.25, 0.3) is 5.56 Å². The number of fused-ring (bicyclic) bond motifs is 1. The first-order valence-corrected chi connectivity index (χ1v) is 15.0. The molecule has 0 unspecified atom stereocenters. The van der Waals surface area contributed by atoms with E-state index in [1.54, 1.807) is 11.5 Å². The van der Waals surface area contributed by atoms with E-state index in [2.05, 4.69) is 13.8 Å². The summed E-state index contributed by atoms with van der Waals surface area (Å²) in [5.41, 5.74) is 2.96. The lowest BCUT2D eigenvalue weighted by molar-refractivity contribution is -0.138. The zero-order valence-electron chi connectivity index (χ0n) is 24.2. The zero-order chi connectivity index (χ0) is 29.6. The van der Waals surface area contributed by atoms with Crippen molar-refractivity contribution in [2.75, 3.05) is 19.8 Å². The number of hydrogen-bond acceptors (Lipinski definition) is 7. The minimum atomic E-state index is -0.704. The first-order chi connectivity index (χ1) is 20.4. The van der Waals surface area contributed by atoms with Crippen molar-refractivity contribution in [3.63, 3.8) is 0 Å². The van der Waals surface area contributed by atoms with Crippen LogP contribution < -0.4 is 24.4 Å². The van der Waals surface area contributed by atoms with E-state index in [1.165, 1.54) is 11.3 Å². The number of esters is 1. The maximum Gasteiger partial charge on any atom is 0.338 e. The number of benzene rings is 3. The number of carbonyl (C=O) groups excluding carboxylic acids is 1. The summed E-state index contributed by atoms with van der Waals surface area (Å²) in [5.74, 6) is 1.16. The van der Waals surface area contributed by atoms with Crippen LogP contribution in [0.2, 0.25) is 0 Å². The van der Waals surface area contributed by atoms with Crippen molar-refractivity contribution in [3.8, 4) is 11.5 Å². The van der Waals surface area contributed by atoms with Crippen molar-refractivity contribution < 1.29 is 19.0 Å².